The lowest BCUT2D eigenvalue weighted by atomic mass is 9.86. The van der Waals surface area contributed by atoms with Crippen LogP contribution < -0.4 is 0 Å². The molecule has 0 aliphatic carbocycles. The van der Waals surface area contributed by atoms with E-state index < -0.39 is 18.0 Å². The number of hydrogen-bond acceptors (Lipinski definition) is 3. The van der Waals surface area contributed by atoms with Crippen molar-refractivity contribution in [1.82, 2.24) is 9.78 Å². The van der Waals surface area contributed by atoms with E-state index in [1.807, 2.05) is 20.8 Å². The minimum Gasteiger partial charge on any atom is -0.481 e. The van der Waals surface area contributed by atoms with Crippen LogP contribution in [0.25, 0.3) is 0 Å². The molecule has 0 saturated heterocycles. The van der Waals surface area contributed by atoms with Gasteiger partial charge in [0.15, 0.2) is 0 Å². The fraction of sp³-hybridized carbons (Fsp3) is 0.667. The van der Waals surface area contributed by atoms with Crippen molar-refractivity contribution in [2.24, 2.45) is 13.0 Å². The molecule has 5 heteroatoms. The van der Waals surface area contributed by atoms with E-state index in [0.29, 0.717) is 5.56 Å². The Kier molecular flexibility index (Phi) is 3.62. The Morgan fingerprint density at radius 2 is 2.00 bits per heavy atom. The fourth-order valence-corrected chi connectivity index (χ4v) is 1.71. The molecule has 1 aromatic heterocycles. The molecule has 0 bridgehead atoms. The summed E-state index contributed by atoms with van der Waals surface area (Å²) >= 11 is 0. The van der Waals surface area contributed by atoms with Crippen molar-refractivity contribution in [1.29, 1.82) is 0 Å². The van der Waals surface area contributed by atoms with Crippen LogP contribution in [-0.2, 0) is 17.3 Å². The Morgan fingerprint density at radius 3 is 2.41 bits per heavy atom. The first-order valence-corrected chi connectivity index (χ1v) is 5.59. The summed E-state index contributed by atoms with van der Waals surface area (Å²) in [6.45, 7) is 7.44. The summed E-state index contributed by atoms with van der Waals surface area (Å²) in [6, 6.07) is 0. The number of aliphatic hydroxyl groups is 1. The van der Waals surface area contributed by atoms with Crippen LogP contribution in [-0.4, -0.2) is 26.0 Å². The third-order valence-electron chi connectivity index (χ3n) is 2.75. The van der Waals surface area contributed by atoms with Crippen LogP contribution in [0.15, 0.2) is 6.20 Å². The first-order chi connectivity index (χ1) is 7.64. The zero-order chi connectivity index (χ0) is 13.4. The Hall–Kier alpha value is -1.36. The minimum atomic E-state index is -1.03. The maximum Gasteiger partial charge on any atom is 0.309 e. The molecule has 0 saturated carbocycles. The van der Waals surface area contributed by atoms with Gasteiger partial charge in [0.05, 0.1) is 17.7 Å². The second-order valence-electron chi connectivity index (χ2n) is 5.43. The van der Waals surface area contributed by atoms with Crippen molar-refractivity contribution in [3.8, 4) is 0 Å². The summed E-state index contributed by atoms with van der Waals surface area (Å²) in [5.74, 6) is -1.86. The topological polar surface area (TPSA) is 75.3 Å². The van der Waals surface area contributed by atoms with Crippen molar-refractivity contribution in [2.75, 3.05) is 0 Å². The molecule has 0 aliphatic heterocycles. The van der Waals surface area contributed by atoms with Crippen LogP contribution in [0.4, 0.5) is 0 Å². The number of aliphatic carboxylic acids is 1. The molecule has 5 nitrogen and oxygen atoms in total. The number of aliphatic hydroxyl groups excluding tert-OH is 1. The van der Waals surface area contributed by atoms with Gasteiger partial charge in [0.1, 0.15) is 0 Å². The SMILES string of the molecule is CC(C(=O)O)C(O)c1cn(C)nc1C(C)(C)C. The minimum absolute atomic E-state index is 0.226. The monoisotopic (exact) mass is 240 g/mol. The van der Waals surface area contributed by atoms with Crippen molar-refractivity contribution < 1.29 is 15.0 Å². The molecular weight excluding hydrogens is 220 g/mol. The standard InChI is InChI=1S/C12H20N2O3/c1-7(11(16)17)9(15)8-6-14(5)13-10(8)12(2,3)4/h6-7,9,15H,1-5H3,(H,16,17). The number of aromatic nitrogens is 2. The highest BCUT2D eigenvalue weighted by atomic mass is 16.4. The summed E-state index contributed by atoms with van der Waals surface area (Å²) in [5, 5.41) is 23.3. The predicted molar refractivity (Wildman–Crippen MR) is 63.7 cm³/mol. The number of carboxylic acids is 1. The maximum absolute atomic E-state index is 10.9. The average Bonchev–Trinajstić information content (AvgIpc) is 2.57. The lowest BCUT2D eigenvalue weighted by Crippen LogP contribution is -2.22. The van der Waals surface area contributed by atoms with E-state index in [0.717, 1.165) is 5.69 Å². The van der Waals surface area contributed by atoms with Gasteiger partial charge in [-0.25, -0.2) is 0 Å². The molecular formula is C12H20N2O3. The van der Waals surface area contributed by atoms with Crippen LogP contribution in [0.2, 0.25) is 0 Å². The number of carboxylic acid groups (broad SMARTS) is 1. The first-order valence-electron chi connectivity index (χ1n) is 5.59. The average molecular weight is 240 g/mol. The van der Waals surface area contributed by atoms with Gasteiger partial charge in [0, 0.05) is 24.2 Å². The Balaban J connectivity index is 3.18. The third-order valence-corrected chi connectivity index (χ3v) is 2.75. The lowest BCUT2D eigenvalue weighted by molar-refractivity contribution is -0.145. The molecule has 0 amide bonds. The molecule has 0 radical (unpaired) electrons. The molecule has 0 spiro atoms. The van der Waals surface area contributed by atoms with Crippen molar-refractivity contribution in [3.63, 3.8) is 0 Å². The first kappa shape index (κ1) is 13.7. The Labute approximate surface area is 101 Å². The zero-order valence-corrected chi connectivity index (χ0v) is 10.9. The van der Waals surface area contributed by atoms with E-state index in [1.165, 1.54) is 6.92 Å². The molecule has 2 unspecified atom stereocenters. The Bertz CT molecular complexity index is 418. The summed E-state index contributed by atoms with van der Waals surface area (Å²) in [6.07, 6.45) is 0.653. The summed E-state index contributed by atoms with van der Waals surface area (Å²) < 4.78 is 1.60. The second kappa shape index (κ2) is 4.49. The lowest BCUT2D eigenvalue weighted by Gasteiger charge is -2.21. The van der Waals surface area contributed by atoms with Crippen LogP contribution in [0.3, 0.4) is 0 Å². The normalized spacial score (nSPS) is 15.6. The number of nitrogens with zero attached hydrogens (tertiary/aromatic N) is 2. The van der Waals surface area contributed by atoms with E-state index in [4.69, 9.17) is 5.11 Å². The number of rotatable bonds is 3. The smallest absolute Gasteiger partial charge is 0.309 e. The van der Waals surface area contributed by atoms with E-state index in [2.05, 4.69) is 5.10 Å². The highest BCUT2D eigenvalue weighted by Gasteiger charge is 2.31. The number of carbonyl (C=O) groups is 1. The fourth-order valence-electron chi connectivity index (χ4n) is 1.71. The summed E-state index contributed by atoms with van der Waals surface area (Å²) in [4.78, 5) is 10.9. The van der Waals surface area contributed by atoms with Crippen molar-refractivity contribution >= 4 is 5.97 Å². The van der Waals surface area contributed by atoms with Gasteiger partial charge in [-0.3, -0.25) is 9.48 Å². The van der Waals surface area contributed by atoms with Gasteiger partial charge in [-0.2, -0.15) is 5.10 Å². The quantitative estimate of drug-likeness (QED) is 0.839. The Morgan fingerprint density at radius 1 is 1.47 bits per heavy atom. The third kappa shape index (κ3) is 2.85. The highest BCUT2D eigenvalue weighted by Crippen LogP contribution is 2.31. The predicted octanol–water partition coefficient (Wildman–Crippen LogP) is 1.47. The van der Waals surface area contributed by atoms with Gasteiger partial charge in [-0.1, -0.05) is 20.8 Å². The van der Waals surface area contributed by atoms with E-state index in [-0.39, 0.29) is 5.41 Å². The molecule has 17 heavy (non-hydrogen) atoms. The summed E-state index contributed by atoms with van der Waals surface area (Å²) in [5.41, 5.74) is 1.10. The van der Waals surface area contributed by atoms with Crippen LogP contribution in [0.5, 0.6) is 0 Å². The van der Waals surface area contributed by atoms with Gasteiger partial charge in [0.2, 0.25) is 0 Å². The van der Waals surface area contributed by atoms with Gasteiger partial charge in [-0.05, 0) is 6.92 Å². The largest absolute Gasteiger partial charge is 0.481 e. The molecule has 1 aromatic rings. The van der Waals surface area contributed by atoms with Crippen LogP contribution in [0.1, 0.15) is 45.1 Å². The molecule has 96 valence electrons. The molecule has 2 N–H and O–H groups in total. The molecule has 1 heterocycles. The summed E-state index contributed by atoms with van der Waals surface area (Å²) in [7, 11) is 1.76. The maximum atomic E-state index is 10.9. The van der Waals surface area contributed by atoms with Crippen LogP contribution >= 0.6 is 0 Å². The van der Waals surface area contributed by atoms with Crippen molar-refractivity contribution in [2.45, 2.75) is 39.2 Å². The number of hydrogen-bond donors (Lipinski definition) is 2. The number of aryl methyl sites for hydroxylation is 1. The van der Waals surface area contributed by atoms with E-state index in [1.54, 1.807) is 17.9 Å². The molecule has 0 aromatic carbocycles. The van der Waals surface area contributed by atoms with Gasteiger partial charge < -0.3 is 10.2 Å². The molecule has 0 aliphatic rings. The van der Waals surface area contributed by atoms with E-state index >= 15 is 0 Å². The van der Waals surface area contributed by atoms with Gasteiger partial charge in [0.25, 0.3) is 0 Å². The second-order valence-corrected chi connectivity index (χ2v) is 5.43. The van der Waals surface area contributed by atoms with Crippen molar-refractivity contribution in [3.05, 3.63) is 17.5 Å². The molecule has 1 rings (SSSR count). The van der Waals surface area contributed by atoms with Gasteiger partial charge in [-0.15, -0.1) is 0 Å². The van der Waals surface area contributed by atoms with E-state index in [9.17, 15) is 9.90 Å². The zero-order valence-electron chi connectivity index (χ0n) is 10.9. The molecule has 0 fully saturated rings. The molecule has 2 atom stereocenters. The highest BCUT2D eigenvalue weighted by molar-refractivity contribution is 5.70. The van der Waals surface area contributed by atoms with Gasteiger partial charge >= 0.3 is 5.97 Å². The van der Waals surface area contributed by atoms with Crippen LogP contribution in [0, 0.1) is 5.92 Å².